The van der Waals surface area contributed by atoms with Crippen LogP contribution in [0.25, 0.3) is 0 Å². The molecule has 0 unspecified atom stereocenters. The molecule has 0 atom stereocenters. The fourth-order valence-electron chi connectivity index (χ4n) is 1.62. The van der Waals surface area contributed by atoms with Gasteiger partial charge < -0.3 is 9.64 Å². The van der Waals surface area contributed by atoms with Gasteiger partial charge in [0.2, 0.25) is 11.8 Å². The first-order valence-electron chi connectivity index (χ1n) is 5.19. The minimum Gasteiger partial charge on any atom is -0.474 e. The third-order valence-corrected chi connectivity index (χ3v) is 2.84. The van der Waals surface area contributed by atoms with Crippen molar-refractivity contribution in [2.45, 2.75) is 13.8 Å². The summed E-state index contributed by atoms with van der Waals surface area (Å²) in [5.74, 6) is 0.609. The molecule has 1 aliphatic rings. The second-order valence-electron chi connectivity index (χ2n) is 3.97. The summed E-state index contributed by atoms with van der Waals surface area (Å²) in [5, 5.41) is 0. The first kappa shape index (κ1) is 11.4. The molecule has 2 heterocycles. The molecule has 16 heavy (non-hydrogen) atoms. The number of carbonyl (C=O) groups excluding carboxylic acids is 1. The number of amides is 1. The fraction of sp³-hybridized carbons (Fsp3) is 0.455. The van der Waals surface area contributed by atoms with Gasteiger partial charge in [-0.1, -0.05) is 13.8 Å². The highest BCUT2D eigenvalue weighted by atomic mass is 79.9. The summed E-state index contributed by atoms with van der Waals surface area (Å²) in [5.41, 5.74) is 0.749. The molecule has 0 saturated carbocycles. The van der Waals surface area contributed by atoms with Crippen LogP contribution in [0.15, 0.2) is 16.7 Å². The van der Waals surface area contributed by atoms with E-state index in [2.05, 4.69) is 20.9 Å². The van der Waals surface area contributed by atoms with Crippen molar-refractivity contribution in [2.24, 2.45) is 5.92 Å². The normalized spacial score (nSPS) is 14.6. The van der Waals surface area contributed by atoms with Crippen LogP contribution in [0.1, 0.15) is 13.8 Å². The topological polar surface area (TPSA) is 42.4 Å². The average Bonchev–Trinajstić information content (AvgIpc) is 2.27. The highest BCUT2D eigenvalue weighted by molar-refractivity contribution is 9.10. The van der Waals surface area contributed by atoms with Crippen molar-refractivity contribution >= 4 is 27.5 Å². The number of fused-ring (bicyclic) bond motifs is 1. The van der Waals surface area contributed by atoms with Gasteiger partial charge in [-0.25, -0.2) is 4.98 Å². The molecule has 5 heteroatoms. The number of ether oxygens (including phenoxy) is 1. The number of anilines is 1. The Morgan fingerprint density at radius 1 is 1.62 bits per heavy atom. The van der Waals surface area contributed by atoms with Crippen LogP contribution in [-0.4, -0.2) is 24.0 Å². The van der Waals surface area contributed by atoms with Crippen molar-refractivity contribution in [3.63, 3.8) is 0 Å². The summed E-state index contributed by atoms with van der Waals surface area (Å²) in [6, 6.07) is 1.86. The van der Waals surface area contributed by atoms with Gasteiger partial charge in [-0.3, -0.25) is 4.79 Å². The number of halogens is 1. The van der Waals surface area contributed by atoms with Crippen LogP contribution in [0.5, 0.6) is 5.88 Å². The van der Waals surface area contributed by atoms with E-state index in [0.29, 0.717) is 19.0 Å². The molecular formula is C11H13BrN2O2. The van der Waals surface area contributed by atoms with E-state index in [4.69, 9.17) is 4.74 Å². The van der Waals surface area contributed by atoms with Crippen LogP contribution in [0.4, 0.5) is 5.69 Å². The van der Waals surface area contributed by atoms with Crippen molar-refractivity contribution in [3.8, 4) is 5.88 Å². The summed E-state index contributed by atoms with van der Waals surface area (Å²) in [6.07, 6.45) is 1.67. The summed E-state index contributed by atoms with van der Waals surface area (Å²) < 4.78 is 6.26. The van der Waals surface area contributed by atoms with E-state index >= 15 is 0 Å². The predicted octanol–water partition coefficient (Wildman–Crippen LogP) is 2.23. The van der Waals surface area contributed by atoms with Crippen molar-refractivity contribution in [1.82, 2.24) is 4.98 Å². The maximum Gasteiger partial charge on any atom is 0.238 e. The van der Waals surface area contributed by atoms with Gasteiger partial charge in [0.15, 0.2) is 0 Å². The van der Waals surface area contributed by atoms with Gasteiger partial charge in [0.1, 0.15) is 12.3 Å². The molecule has 0 aromatic carbocycles. The lowest BCUT2D eigenvalue weighted by Crippen LogP contribution is -2.40. The molecule has 1 amide bonds. The molecule has 1 aromatic rings. The number of hydrogen-bond donors (Lipinski definition) is 0. The number of rotatable bonds is 1. The maximum atomic E-state index is 12.0. The number of carbonyl (C=O) groups is 1. The van der Waals surface area contributed by atoms with Gasteiger partial charge in [0.05, 0.1) is 6.54 Å². The van der Waals surface area contributed by atoms with Crippen molar-refractivity contribution in [2.75, 3.05) is 18.1 Å². The lowest BCUT2D eigenvalue weighted by molar-refractivity contribution is -0.121. The van der Waals surface area contributed by atoms with Gasteiger partial charge in [-0.15, -0.1) is 0 Å². The first-order valence-corrected chi connectivity index (χ1v) is 5.98. The van der Waals surface area contributed by atoms with E-state index in [1.165, 1.54) is 0 Å². The Morgan fingerprint density at radius 2 is 2.38 bits per heavy atom. The molecule has 0 bridgehead atoms. The molecule has 0 saturated heterocycles. The average molecular weight is 285 g/mol. The monoisotopic (exact) mass is 284 g/mol. The number of aromatic nitrogens is 1. The lowest BCUT2D eigenvalue weighted by Gasteiger charge is -2.29. The van der Waals surface area contributed by atoms with Crippen LogP contribution in [0, 0.1) is 5.92 Å². The van der Waals surface area contributed by atoms with Crippen molar-refractivity contribution in [3.05, 3.63) is 16.7 Å². The van der Waals surface area contributed by atoms with E-state index in [9.17, 15) is 4.79 Å². The molecule has 1 aromatic heterocycles. The van der Waals surface area contributed by atoms with Crippen LogP contribution >= 0.6 is 15.9 Å². The molecule has 0 radical (unpaired) electrons. The van der Waals surface area contributed by atoms with Gasteiger partial charge in [-0.05, 0) is 22.0 Å². The quantitative estimate of drug-likeness (QED) is 0.794. The van der Waals surface area contributed by atoms with Crippen LogP contribution < -0.4 is 9.64 Å². The van der Waals surface area contributed by atoms with Crippen molar-refractivity contribution in [1.29, 1.82) is 0 Å². The Labute approximate surface area is 103 Å². The van der Waals surface area contributed by atoms with Gasteiger partial charge in [-0.2, -0.15) is 0 Å². The van der Waals surface area contributed by atoms with E-state index in [-0.39, 0.29) is 11.8 Å². The molecule has 0 fully saturated rings. The predicted molar refractivity (Wildman–Crippen MR) is 64.6 cm³/mol. The number of nitrogens with zero attached hydrogens (tertiary/aromatic N) is 2. The Hall–Kier alpha value is -1.10. The van der Waals surface area contributed by atoms with E-state index < -0.39 is 0 Å². The zero-order chi connectivity index (χ0) is 11.7. The molecular weight excluding hydrogens is 272 g/mol. The van der Waals surface area contributed by atoms with Crippen LogP contribution in [0.2, 0.25) is 0 Å². The van der Waals surface area contributed by atoms with E-state index in [1.54, 1.807) is 11.1 Å². The Kier molecular flexibility index (Phi) is 3.14. The fourth-order valence-corrected chi connectivity index (χ4v) is 1.93. The SMILES string of the molecule is CC(C)C(=O)N1CCOc2ncc(Br)cc21. The molecule has 86 valence electrons. The number of hydrogen-bond acceptors (Lipinski definition) is 3. The Bertz CT molecular complexity index is 420. The smallest absolute Gasteiger partial charge is 0.238 e. The van der Waals surface area contributed by atoms with Gasteiger partial charge in [0, 0.05) is 16.6 Å². The first-order chi connectivity index (χ1) is 7.59. The van der Waals surface area contributed by atoms with Gasteiger partial charge in [0.25, 0.3) is 0 Å². The minimum absolute atomic E-state index is 0.0232. The molecule has 2 rings (SSSR count). The highest BCUT2D eigenvalue weighted by Gasteiger charge is 2.26. The Balaban J connectivity index is 2.39. The Morgan fingerprint density at radius 3 is 3.06 bits per heavy atom. The second-order valence-corrected chi connectivity index (χ2v) is 4.89. The zero-order valence-electron chi connectivity index (χ0n) is 9.24. The van der Waals surface area contributed by atoms with Crippen LogP contribution in [-0.2, 0) is 4.79 Å². The summed E-state index contributed by atoms with van der Waals surface area (Å²) in [4.78, 5) is 17.9. The molecule has 0 N–H and O–H groups in total. The molecule has 4 nitrogen and oxygen atoms in total. The summed E-state index contributed by atoms with van der Waals surface area (Å²) in [6.45, 7) is 4.87. The third kappa shape index (κ3) is 2.04. The highest BCUT2D eigenvalue weighted by Crippen LogP contribution is 2.32. The van der Waals surface area contributed by atoms with Crippen LogP contribution in [0.3, 0.4) is 0 Å². The zero-order valence-corrected chi connectivity index (χ0v) is 10.8. The summed E-state index contributed by atoms with van der Waals surface area (Å²) in [7, 11) is 0. The minimum atomic E-state index is -0.0232. The van der Waals surface area contributed by atoms with E-state index in [0.717, 1.165) is 10.2 Å². The second kappa shape index (κ2) is 4.41. The van der Waals surface area contributed by atoms with E-state index in [1.807, 2.05) is 19.9 Å². The largest absolute Gasteiger partial charge is 0.474 e. The third-order valence-electron chi connectivity index (χ3n) is 2.40. The van der Waals surface area contributed by atoms with Crippen molar-refractivity contribution < 1.29 is 9.53 Å². The maximum absolute atomic E-state index is 12.0. The molecule has 0 aliphatic carbocycles. The number of pyridine rings is 1. The standard InChI is InChI=1S/C11H13BrN2O2/c1-7(2)11(15)14-3-4-16-10-9(14)5-8(12)6-13-10/h5-7H,3-4H2,1-2H3. The molecule has 0 spiro atoms. The van der Waals surface area contributed by atoms with Gasteiger partial charge >= 0.3 is 0 Å². The molecule has 1 aliphatic heterocycles. The lowest BCUT2D eigenvalue weighted by atomic mass is 10.1. The summed E-state index contributed by atoms with van der Waals surface area (Å²) >= 11 is 3.35.